The van der Waals surface area contributed by atoms with Gasteiger partial charge in [0, 0.05) is 39.2 Å². The van der Waals surface area contributed by atoms with E-state index in [1.807, 2.05) is 6.92 Å². The molecule has 28 heavy (non-hydrogen) atoms. The van der Waals surface area contributed by atoms with Crippen LogP contribution in [-0.4, -0.2) is 26.1 Å². The Morgan fingerprint density at radius 3 is 2.86 bits per heavy atom. The van der Waals surface area contributed by atoms with E-state index in [1.54, 1.807) is 29.7 Å². The molecule has 0 aliphatic heterocycles. The fraction of sp³-hybridized carbons (Fsp3) is 0.211. The van der Waals surface area contributed by atoms with Crippen molar-refractivity contribution in [2.75, 3.05) is 5.43 Å². The maximum absolute atomic E-state index is 11.1. The van der Waals surface area contributed by atoms with E-state index in [0.29, 0.717) is 11.7 Å². The first-order chi connectivity index (χ1) is 13.4. The van der Waals surface area contributed by atoms with Crippen LogP contribution in [0.15, 0.2) is 35.7 Å². The maximum atomic E-state index is 11.1. The molecule has 0 saturated carbocycles. The van der Waals surface area contributed by atoms with E-state index in [4.69, 9.17) is 0 Å². The number of anilines is 1. The van der Waals surface area contributed by atoms with Crippen molar-refractivity contribution in [3.63, 3.8) is 0 Å². The van der Waals surface area contributed by atoms with E-state index >= 15 is 0 Å². The van der Waals surface area contributed by atoms with E-state index in [9.17, 15) is 10.1 Å². The van der Waals surface area contributed by atoms with Gasteiger partial charge in [0.1, 0.15) is 11.2 Å². The third-order valence-electron chi connectivity index (χ3n) is 4.51. The molecule has 4 rings (SSSR count). The van der Waals surface area contributed by atoms with Crippen LogP contribution in [0.1, 0.15) is 35.9 Å². The zero-order chi connectivity index (χ0) is 19.8. The Balaban J connectivity index is 1.67. The van der Waals surface area contributed by atoms with Crippen molar-refractivity contribution in [2.24, 2.45) is 5.10 Å². The number of aromatic amines is 1. The summed E-state index contributed by atoms with van der Waals surface area (Å²) in [6, 6.07) is 6.83. The summed E-state index contributed by atoms with van der Waals surface area (Å²) >= 11 is 1.65. The zero-order valence-electron chi connectivity index (χ0n) is 15.6. The summed E-state index contributed by atoms with van der Waals surface area (Å²) in [6.45, 7) is 6.19. The molecule has 142 valence electrons. The second-order valence-corrected chi connectivity index (χ2v) is 7.83. The van der Waals surface area contributed by atoms with Crippen LogP contribution in [0.25, 0.3) is 21.1 Å². The lowest BCUT2D eigenvalue weighted by Crippen LogP contribution is -1.95. The summed E-state index contributed by atoms with van der Waals surface area (Å²) in [4.78, 5) is 24.7. The van der Waals surface area contributed by atoms with Crippen LogP contribution in [0.5, 0.6) is 0 Å². The summed E-state index contributed by atoms with van der Waals surface area (Å²) in [5, 5.41) is 17.1. The number of hydrogen-bond donors (Lipinski definition) is 2. The average molecular weight is 394 g/mol. The fourth-order valence-electron chi connectivity index (χ4n) is 3.02. The highest BCUT2D eigenvalue weighted by molar-refractivity contribution is 7.18. The maximum Gasteiger partial charge on any atom is 0.270 e. The zero-order valence-corrected chi connectivity index (χ0v) is 16.4. The van der Waals surface area contributed by atoms with Gasteiger partial charge in [0.15, 0.2) is 5.82 Å². The molecule has 2 N–H and O–H groups in total. The lowest BCUT2D eigenvalue weighted by molar-refractivity contribution is -0.384. The summed E-state index contributed by atoms with van der Waals surface area (Å²) in [5.41, 5.74) is 5.54. The van der Waals surface area contributed by atoms with Crippen LogP contribution in [0.4, 0.5) is 11.5 Å². The number of rotatable bonds is 5. The molecule has 0 aliphatic rings. The second-order valence-electron chi connectivity index (χ2n) is 6.77. The number of nitrogens with zero attached hydrogens (tertiary/aromatic N) is 4. The predicted molar refractivity (Wildman–Crippen MR) is 112 cm³/mol. The van der Waals surface area contributed by atoms with Gasteiger partial charge in [-0.05, 0) is 25.0 Å². The molecule has 0 bridgehead atoms. The van der Waals surface area contributed by atoms with Crippen molar-refractivity contribution in [3.8, 4) is 0 Å². The molecule has 0 spiro atoms. The van der Waals surface area contributed by atoms with Crippen LogP contribution < -0.4 is 5.43 Å². The number of nitrogens with one attached hydrogen (secondary N) is 2. The molecular formula is C19H18N6O2S. The van der Waals surface area contributed by atoms with Gasteiger partial charge >= 0.3 is 0 Å². The van der Waals surface area contributed by atoms with Crippen molar-refractivity contribution in [1.82, 2.24) is 15.0 Å². The van der Waals surface area contributed by atoms with Gasteiger partial charge in [-0.25, -0.2) is 9.97 Å². The van der Waals surface area contributed by atoms with Gasteiger partial charge in [-0.15, -0.1) is 11.3 Å². The predicted octanol–water partition coefficient (Wildman–Crippen LogP) is 4.96. The monoisotopic (exact) mass is 394 g/mol. The van der Waals surface area contributed by atoms with Gasteiger partial charge in [0.05, 0.1) is 16.5 Å². The summed E-state index contributed by atoms with van der Waals surface area (Å²) in [6.07, 6.45) is 3.17. The molecule has 0 fully saturated rings. The Hall–Kier alpha value is -3.33. The van der Waals surface area contributed by atoms with Gasteiger partial charge in [-0.2, -0.15) is 5.10 Å². The van der Waals surface area contributed by atoms with Crippen molar-refractivity contribution >= 4 is 50.2 Å². The minimum Gasteiger partial charge on any atom is -0.358 e. The Morgan fingerprint density at radius 2 is 2.11 bits per heavy atom. The van der Waals surface area contributed by atoms with Gasteiger partial charge in [-0.3, -0.25) is 15.5 Å². The number of benzene rings is 1. The number of aromatic nitrogens is 3. The topological polar surface area (TPSA) is 109 Å². The molecule has 4 aromatic rings. The molecule has 0 aliphatic carbocycles. The SMILES string of the molecule is Cc1[nH]c2ccc([N+](=O)[O-])cc2c1/C=N\Nc1ncnc2sc(C(C)C)cc12. The number of hydrazone groups is 1. The summed E-state index contributed by atoms with van der Waals surface area (Å²) in [5.74, 6) is 1.05. The highest BCUT2D eigenvalue weighted by atomic mass is 32.1. The normalized spacial score (nSPS) is 11.9. The minimum absolute atomic E-state index is 0.0473. The Kier molecular flexibility index (Phi) is 4.52. The van der Waals surface area contributed by atoms with Crippen molar-refractivity contribution < 1.29 is 4.92 Å². The minimum atomic E-state index is -0.401. The van der Waals surface area contributed by atoms with Crippen molar-refractivity contribution in [1.29, 1.82) is 0 Å². The molecule has 0 amide bonds. The number of non-ortho nitro benzene ring substituents is 1. The van der Waals surface area contributed by atoms with E-state index in [2.05, 4.69) is 45.4 Å². The Labute approximate surface area is 164 Å². The van der Waals surface area contributed by atoms with Crippen LogP contribution in [-0.2, 0) is 0 Å². The lowest BCUT2D eigenvalue weighted by atomic mass is 10.1. The van der Waals surface area contributed by atoms with E-state index in [0.717, 1.165) is 32.4 Å². The average Bonchev–Trinajstić information content (AvgIpc) is 3.23. The first kappa shape index (κ1) is 18.1. The Bertz CT molecular complexity index is 1220. The largest absolute Gasteiger partial charge is 0.358 e. The van der Waals surface area contributed by atoms with Crippen LogP contribution in [0, 0.1) is 17.0 Å². The molecule has 0 atom stereocenters. The first-order valence-corrected chi connectivity index (χ1v) is 9.56. The third kappa shape index (κ3) is 3.20. The van der Waals surface area contributed by atoms with Crippen molar-refractivity contribution in [3.05, 3.63) is 56.8 Å². The van der Waals surface area contributed by atoms with Crippen LogP contribution >= 0.6 is 11.3 Å². The lowest BCUT2D eigenvalue weighted by Gasteiger charge is -2.00. The van der Waals surface area contributed by atoms with E-state index in [-0.39, 0.29) is 5.69 Å². The molecule has 9 heteroatoms. The number of H-pyrrole nitrogens is 1. The number of nitro benzene ring substituents is 1. The van der Waals surface area contributed by atoms with Gasteiger partial charge in [0.25, 0.3) is 5.69 Å². The molecule has 0 saturated heterocycles. The third-order valence-corrected chi connectivity index (χ3v) is 5.86. The first-order valence-electron chi connectivity index (χ1n) is 8.74. The smallest absolute Gasteiger partial charge is 0.270 e. The molecular weight excluding hydrogens is 376 g/mol. The highest BCUT2D eigenvalue weighted by Gasteiger charge is 2.13. The molecule has 1 aromatic carbocycles. The van der Waals surface area contributed by atoms with Crippen LogP contribution in [0.2, 0.25) is 0 Å². The summed E-state index contributed by atoms with van der Waals surface area (Å²) < 4.78 is 0. The number of hydrogen-bond acceptors (Lipinski definition) is 7. The number of aryl methyl sites for hydroxylation is 1. The number of thiophene rings is 1. The quantitative estimate of drug-likeness (QED) is 0.282. The molecule has 3 aromatic heterocycles. The Morgan fingerprint density at radius 1 is 1.29 bits per heavy atom. The van der Waals surface area contributed by atoms with E-state index in [1.165, 1.54) is 17.3 Å². The van der Waals surface area contributed by atoms with Gasteiger partial charge in [0.2, 0.25) is 0 Å². The molecule has 3 heterocycles. The summed E-state index contributed by atoms with van der Waals surface area (Å²) in [7, 11) is 0. The van der Waals surface area contributed by atoms with E-state index < -0.39 is 4.92 Å². The molecule has 0 radical (unpaired) electrons. The van der Waals surface area contributed by atoms with Crippen molar-refractivity contribution in [2.45, 2.75) is 26.7 Å². The second kappa shape index (κ2) is 7.01. The fourth-order valence-corrected chi connectivity index (χ4v) is 4.02. The number of fused-ring (bicyclic) bond motifs is 2. The molecule has 0 unspecified atom stereocenters. The van der Waals surface area contributed by atoms with Crippen LogP contribution in [0.3, 0.4) is 0 Å². The van der Waals surface area contributed by atoms with Gasteiger partial charge in [-0.1, -0.05) is 13.8 Å². The number of nitro groups is 1. The highest BCUT2D eigenvalue weighted by Crippen LogP contribution is 2.32. The standard InChI is InChI=1S/C19H18N6O2S/c1-10(2)17-7-14-18(20-9-21-19(14)28-17)24-22-8-15-11(3)23-16-5-4-12(25(26)27)6-13(15)16/h4-10,23H,1-3H3,(H,20,21,24)/b22-8-. The molecule has 8 nitrogen and oxygen atoms in total. The van der Waals surface area contributed by atoms with Gasteiger partial charge < -0.3 is 4.98 Å².